The van der Waals surface area contributed by atoms with Gasteiger partial charge in [-0.25, -0.2) is 0 Å². The van der Waals surface area contributed by atoms with Gasteiger partial charge in [0.25, 0.3) is 0 Å². The fourth-order valence-electron chi connectivity index (χ4n) is 1.58. The molecule has 0 saturated heterocycles. The molecule has 0 radical (unpaired) electrons. The van der Waals surface area contributed by atoms with Gasteiger partial charge in [0.1, 0.15) is 11.9 Å². The van der Waals surface area contributed by atoms with Gasteiger partial charge in [-0.2, -0.15) is 10.2 Å². The van der Waals surface area contributed by atoms with Crippen molar-refractivity contribution in [1.29, 1.82) is 0 Å². The van der Waals surface area contributed by atoms with Gasteiger partial charge in [0, 0.05) is 14.1 Å². The summed E-state index contributed by atoms with van der Waals surface area (Å²) in [5, 5.41) is 18.6. The molecule has 8 heteroatoms. The Kier molecular flexibility index (Phi) is 2.11. The molecular formula is C8H10N6O2. The van der Waals surface area contributed by atoms with E-state index in [1.54, 1.807) is 14.1 Å². The molecule has 0 atom stereocenters. The zero-order valence-electron chi connectivity index (χ0n) is 8.78. The van der Waals surface area contributed by atoms with Crippen LogP contribution in [-0.4, -0.2) is 24.5 Å². The Morgan fingerprint density at radius 3 is 2.31 bits per heavy atom. The molecule has 16 heavy (non-hydrogen) atoms. The molecular weight excluding hydrogens is 212 g/mol. The van der Waals surface area contributed by atoms with E-state index in [2.05, 4.69) is 10.2 Å². The number of aryl methyl sites for hydroxylation is 2. The number of rotatable bonds is 2. The lowest BCUT2D eigenvalue weighted by atomic mass is 10.2. The Hall–Kier alpha value is -2.38. The second kappa shape index (κ2) is 3.33. The first-order valence-electron chi connectivity index (χ1n) is 4.46. The third-order valence-electron chi connectivity index (χ3n) is 2.31. The zero-order chi connectivity index (χ0) is 11.9. The summed E-state index contributed by atoms with van der Waals surface area (Å²) in [5.41, 5.74) is 6.86. The van der Waals surface area contributed by atoms with Crippen molar-refractivity contribution in [3.8, 4) is 11.4 Å². The zero-order valence-corrected chi connectivity index (χ0v) is 8.78. The van der Waals surface area contributed by atoms with E-state index in [0.717, 1.165) is 0 Å². The number of hydrogen-bond acceptors (Lipinski definition) is 5. The number of nitro groups is 1. The smallest absolute Gasteiger partial charge is 0.316 e. The van der Waals surface area contributed by atoms with Gasteiger partial charge in [-0.3, -0.25) is 19.5 Å². The highest BCUT2D eigenvalue weighted by Gasteiger charge is 2.24. The Bertz CT molecular complexity index is 535. The predicted octanol–water partition coefficient (Wildman–Crippen LogP) is 0.311. The Balaban J connectivity index is 2.73. The molecule has 0 saturated carbocycles. The molecule has 84 valence electrons. The van der Waals surface area contributed by atoms with Gasteiger partial charge in [-0.05, 0) is 0 Å². The highest BCUT2D eigenvalue weighted by atomic mass is 16.6. The minimum Gasteiger partial charge on any atom is -0.396 e. The molecule has 0 aliphatic carbocycles. The number of anilines is 1. The van der Waals surface area contributed by atoms with Crippen LogP contribution in [0.4, 0.5) is 11.4 Å². The third kappa shape index (κ3) is 1.31. The van der Waals surface area contributed by atoms with Gasteiger partial charge in [0.2, 0.25) is 0 Å². The summed E-state index contributed by atoms with van der Waals surface area (Å²) >= 11 is 0. The van der Waals surface area contributed by atoms with Crippen molar-refractivity contribution in [3.05, 3.63) is 22.5 Å². The largest absolute Gasteiger partial charge is 0.396 e. The van der Waals surface area contributed by atoms with E-state index in [-0.39, 0.29) is 5.69 Å². The van der Waals surface area contributed by atoms with Crippen LogP contribution in [0.5, 0.6) is 0 Å². The van der Waals surface area contributed by atoms with Crippen molar-refractivity contribution >= 4 is 11.4 Å². The van der Waals surface area contributed by atoms with Gasteiger partial charge in [-0.1, -0.05) is 0 Å². The monoisotopic (exact) mass is 222 g/mol. The maximum atomic E-state index is 10.8. The van der Waals surface area contributed by atoms with Crippen LogP contribution in [0.1, 0.15) is 0 Å². The van der Waals surface area contributed by atoms with Crippen molar-refractivity contribution in [2.45, 2.75) is 0 Å². The SMILES string of the molecule is Cn1ncc(N)c1-c1c([N+](=O)[O-])cnn1C. The summed E-state index contributed by atoms with van der Waals surface area (Å²) in [7, 11) is 3.29. The van der Waals surface area contributed by atoms with E-state index in [9.17, 15) is 10.1 Å². The van der Waals surface area contributed by atoms with Crippen molar-refractivity contribution in [1.82, 2.24) is 19.6 Å². The number of aromatic nitrogens is 4. The highest BCUT2D eigenvalue weighted by Crippen LogP contribution is 2.32. The molecule has 0 amide bonds. The van der Waals surface area contributed by atoms with E-state index in [4.69, 9.17) is 5.73 Å². The molecule has 0 aliphatic rings. The van der Waals surface area contributed by atoms with Crippen LogP contribution in [0.15, 0.2) is 12.4 Å². The van der Waals surface area contributed by atoms with Crippen LogP contribution in [0.25, 0.3) is 11.4 Å². The second-order valence-corrected chi connectivity index (χ2v) is 3.33. The molecule has 8 nitrogen and oxygen atoms in total. The predicted molar refractivity (Wildman–Crippen MR) is 56.5 cm³/mol. The molecule has 2 aromatic heterocycles. The fourth-order valence-corrected chi connectivity index (χ4v) is 1.58. The molecule has 2 N–H and O–H groups in total. The first-order valence-corrected chi connectivity index (χ1v) is 4.46. The van der Waals surface area contributed by atoms with Gasteiger partial charge in [0.05, 0.1) is 16.8 Å². The average Bonchev–Trinajstić information content (AvgIpc) is 2.71. The molecule has 0 aliphatic heterocycles. The normalized spacial score (nSPS) is 10.6. The summed E-state index contributed by atoms with van der Waals surface area (Å²) in [6, 6.07) is 0. The number of nitrogen functional groups attached to an aromatic ring is 1. The summed E-state index contributed by atoms with van der Waals surface area (Å²) in [6.07, 6.45) is 2.65. The van der Waals surface area contributed by atoms with Crippen molar-refractivity contribution in [3.63, 3.8) is 0 Å². The van der Waals surface area contributed by atoms with Crippen molar-refractivity contribution in [2.24, 2.45) is 14.1 Å². The third-order valence-corrected chi connectivity index (χ3v) is 2.31. The fraction of sp³-hybridized carbons (Fsp3) is 0.250. The number of nitrogens with zero attached hydrogens (tertiary/aromatic N) is 5. The van der Waals surface area contributed by atoms with Gasteiger partial charge in [0.15, 0.2) is 5.69 Å². The number of nitrogens with two attached hydrogens (primary N) is 1. The van der Waals surface area contributed by atoms with Crippen LogP contribution < -0.4 is 5.73 Å². The maximum absolute atomic E-state index is 10.8. The van der Waals surface area contributed by atoms with E-state index in [0.29, 0.717) is 17.1 Å². The van der Waals surface area contributed by atoms with Crippen LogP contribution >= 0.6 is 0 Å². The summed E-state index contributed by atoms with van der Waals surface area (Å²) in [6.45, 7) is 0. The Morgan fingerprint density at radius 2 is 1.81 bits per heavy atom. The van der Waals surface area contributed by atoms with Crippen molar-refractivity contribution < 1.29 is 4.92 Å². The maximum Gasteiger partial charge on any atom is 0.316 e. The van der Waals surface area contributed by atoms with Crippen LogP contribution in [0.2, 0.25) is 0 Å². The minimum atomic E-state index is -0.491. The van der Waals surface area contributed by atoms with E-state index in [1.807, 2.05) is 0 Å². The topological polar surface area (TPSA) is 105 Å². The molecule has 0 spiro atoms. The first-order chi connectivity index (χ1) is 7.52. The van der Waals surface area contributed by atoms with Crippen LogP contribution in [-0.2, 0) is 14.1 Å². The first kappa shape index (κ1) is 10.1. The summed E-state index contributed by atoms with van der Waals surface area (Å²) in [5.74, 6) is 0. The van der Waals surface area contributed by atoms with E-state index >= 15 is 0 Å². The lowest BCUT2D eigenvalue weighted by Gasteiger charge is -2.03. The van der Waals surface area contributed by atoms with Crippen LogP contribution in [0, 0.1) is 10.1 Å². The summed E-state index contributed by atoms with van der Waals surface area (Å²) < 4.78 is 2.89. The minimum absolute atomic E-state index is 0.0854. The standard InChI is InChI=1S/C8H10N6O2/c1-12-7(5(9)3-10-12)8-6(14(15)16)4-11-13(8)2/h3-4H,9H2,1-2H3. The molecule has 2 rings (SSSR count). The number of hydrogen-bond donors (Lipinski definition) is 1. The highest BCUT2D eigenvalue weighted by molar-refractivity contribution is 5.76. The lowest BCUT2D eigenvalue weighted by molar-refractivity contribution is -0.384. The Morgan fingerprint density at radius 1 is 1.25 bits per heavy atom. The molecule has 0 bridgehead atoms. The van der Waals surface area contributed by atoms with Crippen molar-refractivity contribution in [2.75, 3.05) is 5.73 Å². The van der Waals surface area contributed by atoms with Gasteiger partial charge >= 0.3 is 5.69 Å². The van der Waals surface area contributed by atoms with Crippen LogP contribution in [0.3, 0.4) is 0 Å². The van der Waals surface area contributed by atoms with Gasteiger partial charge in [-0.15, -0.1) is 0 Å². The quantitative estimate of drug-likeness (QED) is 0.581. The molecule has 0 aromatic carbocycles. The van der Waals surface area contributed by atoms with E-state index in [1.165, 1.54) is 21.8 Å². The molecule has 0 unspecified atom stereocenters. The summed E-state index contributed by atoms with van der Waals surface area (Å²) in [4.78, 5) is 10.3. The van der Waals surface area contributed by atoms with Gasteiger partial charge < -0.3 is 5.73 Å². The second-order valence-electron chi connectivity index (χ2n) is 3.33. The molecule has 2 aromatic rings. The lowest BCUT2D eigenvalue weighted by Crippen LogP contribution is -2.03. The van der Waals surface area contributed by atoms with E-state index < -0.39 is 4.92 Å². The Labute approximate surface area is 90.4 Å². The molecule has 2 heterocycles. The average molecular weight is 222 g/mol. The molecule has 0 fully saturated rings.